The molecule has 1 aliphatic heterocycles. The number of carboxylic acid groups (broad SMARTS) is 1. The molecule has 1 aromatic carbocycles. The van der Waals surface area contributed by atoms with E-state index >= 15 is 0 Å². The van der Waals surface area contributed by atoms with Crippen molar-refractivity contribution in [2.45, 2.75) is 38.3 Å². The average molecular weight is 379 g/mol. The number of carbonyl (C=O) groups is 2. The summed E-state index contributed by atoms with van der Waals surface area (Å²) in [5, 5.41) is 17.9. The van der Waals surface area contributed by atoms with E-state index in [9.17, 15) is 14.7 Å². The molecular weight excluding hydrogens is 350 g/mol. The smallest absolute Gasteiger partial charge is 0.410 e. The zero-order valence-electron chi connectivity index (χ0n) is 15.9. The molecule has 1 fully saturated rings. The van der Waals surface area contributed by atoms with Gasteiger partial charge in [0, 0.05) is 26.5 Å². The minimum Gasteiger partial charge on any atom is -0.480 e. The van der Waals surface area contributed by atoms with Gasteiger partial charge in [-0.15, -0.1) is 0 Å². The van der Waals surface area contributed by atoms with Crippen molar-refractivity contribution < 1.29 is 29.3 Å². The summed E-state index contributed by atoms with van der Waals surface area (Å²) in [6.45, 7) is 2.96. The summed E-state index contributed by atoms with van der Waals surface area (Å²) in [7, 11) is 1.34. The number of hydrogen-bond acceptors (Lipinski definition) is 5. The van der Waals surface area contributed by atoms with Crippen molar-refractivity contribution in [3.05, 3.63) is 48.0 Å². The molecule has 7 heteroatoms. The predicted octanol–water partition coefficient (Wildman–Crippen LogP) is 2.48. The van der Waals surface area contributed by atoms with Gasteiger partial charge in [-0.2, -0.15) is 0 Å². The Bertz CT molecular complexity index is 589. The molecule has 2 N–H and O–H groups in total. The molecule has 1 saturated heterocycles. The summed E-state index contributed by atoms with van der Waals surface area (Å²) in [6.07, 6.45) is 5.20. The summed E-state index contributed by atoms with van der Waals surface area (Å²) in [5.74, 6) is -0.933. The summed E-state index contributed by atoms with van der Waals surface area (Å²) in [6, 6.07) is 9.91. The number of methoxy groups -OCH3 is 1. The zero-order chi connectivity index (χ0) is 20.1. The SMILES string of the molecule is CCCN1C(=O)OCCC1/C=C/C(O)Cc1ccccc1.COCC(=O)O. The standard InChI is InChI=1S/C17H23NO3.C3H6O3/c1-2-11-18-15(10-12-21-17(18)20)8-9-16(19)13-14-6-4-3-5-7-14;1-6-2-3(4)5/h3-9,15-16,19H,2,10-13H2,1H3;2H2,1H3,(H,4,5)/b9-8+;. The van der Waals surface area contributed by atoms with Crippen LogP contribution in [0.2, 0.25) is 0 Å². The van der Waals surface area contributed by atoms with E-state index in [1.165, 1.54) is 7.11 Å². The largest absolute Gasteiger partial charge is 0.480 e. The molecule has 7 nitrogen and oxygen atoms in total. The Morgan fingerprint density at radius 3 is 2.67 bits per heavy atom. The van der Waals surface area contributed by atoms with Gasteiger partial charge < -0.3 is 24.6 Å². The van der Waals surface area contributed by atoms with Crippen molar-refractivity contribution in [1.29, 1.82) is 0 Å². The Hall–Kier alpha value is -2.38. The fraction of sp³-hybridized carbons (Fsp3) is 0.500. The number of nitrogens with zero attached hydrogens (tertiary/aromatic N) is 1. The fourth-order valence-corrected chi connectivity index (χ4v) is 2.64. The molecule has 0 aliphatic carbocycles. The van der Waals surface area contributed by atoms with E-state index in [2.05, 4.69) is 4.74 Å². The summed E-state index contributed by atoms with van der Waals surface area (Å²) in [5.41, 5.74) is 1.10. The Morgan fingerprint density at radius 1 is 1.41 bits per heavy atom. The van der Waals surface area contributed by atoms with Gasteiger partial charge in [0.15, 0.2) is 0 Å². The quantitative estimate of drug-likeness (QED) is 0.674. The van der Waals surface area contributed by atoms with E-state index in [1.807, 2.05) is 43.3 Å². The summed E-state index contributed by atoms with van der Waals surface area (Å²) < 4.78 is 9.27. The second-order valence-electron chi connectivity index (χ2n) is 6.13. The molecule has 1 amide bonds. The highest BCUT2D eigenvalue weighted by molar-refractivity contribution is 5.69. The van der Waals surface area contributed by atoms with Crippen LogP contribution in [0.1, 0.15) is 25.3 Å². The van der Waals surface area contributed by atoms with Crippen LogP contribution < -0.4 is 0 Å². The second kappa shape index (κ2) is 12.9. The van der Waals surface area contributed by atoms with Crippen LogP contribution in [0.25, 0.3) is 0 Å². The van der Waals surface area contributed by atoms with Crippen LogP contribution in [0, 0.1) is 0 Å². The van der Waals surface area contributed by atoms with Crippen LogP contribution in [0.4, 0.5) is 4.79 Å². The lowest BCUT2D eigenvalue weighted by Gasteiger charge is -2.33. The van der Waals surface area contributed by atoms with E-state index in [4.69, 9.17) is 9.84 Å². The Balaban J connectivity index is 0.000000527. The molecular formula is C20H29NO6. The highest BCUT2D eigenvalue weighted by Gasteiger charge is 2.26. The van der Waals surface area contributed by atoms with Gasteiger partial charge in [0.25, 0.3) is 0 Å². The first-order valence-corrected chi connectivity index (χ1v) is 9.02. The summed E-state index contributed by atoms with van der Waals surface area (Å²) >= 11 is 0. The van der Waals surface area contributed by atoms with Crippen molar-refractivity contribution >= 4 is 12.1 Å². The molecule has 1 aromatic rings. The first-order chi connectivity index (χ1) is 13.0. The minimum atomic E-state index is -0.933. The monoisotopic (exact) mass is 379 g/mol. The lowest BCUT2D eigenvalue weighted by Crippen LogP contribution is -2.45. The topological polar surface area (TPSA) is 96.3 Å². The van der Waals surface area contributed by atoms with Gasteiger partial charge in [-0.05, 0) is 12.0 Å². The molecule has 0 saturated carbocycles. The van der Waals surface area contributed by atoms with Crippen molar-refractivity contribution in [3.8, 4) is 0 Å². The molecule has 0 bridgehead atoms. The Kier molecular flexibility index (Phi) is 10.8. The molecule has 1 aliphatic rings. The maximum Gasteiger partial charge on any atom is 0.410 e. The molecule has 150 valence electrons. The maximum absolute atomic E-state index is 11.7. The maximum atomic E-state index is 11.7. The number of ether oxygens (including phenoxy) is 2. The third-order valence-electron chi connectivity index (χ3n) is 3.85. The van der Waals surface area contributed by atoms with Gasteiger partial charge in [-0.3, -0.25) is 0 Å². The lowest BCUT2D eigenvalue weighted by molar-refractivity contribution is -0.141. The highest BCUT2D eigenvalue weighted by Crippen LogP contribution is 2.16. The van der Waals surface area contributed by atoms with Gasteiger partial charge in [0.05, 0.1) is 18.8 Å². The molecule has 1 heterocycles. The number of aliphatic hydroxyl groups excluding tert-OH is 1. The number of cyclic esters (lactones) is 1. The fourth-order valence-electron chi connectivity index (χ4n) is 2.64. The van der Waals surface area contributed by atoms with Crippen molar-refractivity contribution in [2.24, 2.45) is 0 Å². The number of carboxylic acids is 1. The first-order valence-electron chi connectivity index (χ1n) is 9.02. The lowest BCUT2D eigenvalue weighted by atomic mass is 10.1. The number of aliphatic hydroxyl groups is 1. The van der Waals surface area contributed by atoms with E-state index in [0.717, 1.165) is 18.4 Å². The van der Waals surface area contributed by atoms with Crippen LogP contribution >= 0.6 is 0 Å². The van der Waals surface area contributed by atoms with E-state index in [-0.39, 0.29) is 18.7 Å². The molecule has 27 heavy (non-hydrogen) atoms. The zero-order valence-corrected chi connectivity index (χ0v) is 15.9. The van der Waals surface area contributed by atoms with Gasteiger partial charge >= 0.3 is 12.1 Å². The number of carbonyl (C=O) groups excluding carboxylic acids is 1. The number of amides is 1. The average Bonchev–Trinajstić information content (AvgIpc) is 2.63. The van der Waals surface area contributed by atoms with E-state index < -0.39 is 12.1 Å². The molecule has 2 rings (SSSR count). The normalized spacial score (nSPS) is 17.8. The molecule has 2 atom stereocenters. The Morgan fingerprint density at radius 2 is 2.11 bits per heavy atom. The van der Waals surface area contributed by atoms with Gasteiger partial charge in [-0.1, -0.05) is 49.4 Å². The van der Waals surface area contributed by atoms with E-state index in [1.54, 1.807) is 11.0 Å². The number of rotatable bonds is 8. The molecule has 0 aromatic heterocycles. The highest BCUT2D eigenvalue weighted by atomic mass is 16.6. The van der Waals surface area contributed by atoms with Crippen molar-refractivity contribution in [1.82, 2.24) is 4.90 Å². The predicted molar refractivity (Wildman–Crippen MR) is 102 cm³/mol. The van der Waals surface area contributed by atoms with Gasteiger partial charge in [0.1, 0.15) is 6.61 Å². The van der Waals surface area contributed by atoms with E-state index in [0.29, 0.717) is 19.6 Å². The minimum absolute atomic E-state index is 0.0247. The number of benzene rings is 1. The van der Waals surface area contributed by atoms with Gasteiger partial charge in [-0.25, -0.2) is 9.59 Å². The molecule has 0 spiro atoms. The van der Waals surface area contributed by atoms with Crippen LogP contribution in [-0.4, -0.2) is 66.2 Å². The number of hydrogen-bond donors (Lipinski definition) is 2. The second-order valence-corrected chi connectivity index (χ2v) is 6.13. The van der Waals surface area contributed by atoms with Crippen molar-refractivity contribution in [3.63, 3.8) is 0 Å². The Labute approximate surface area is 160 Å². The molecule has 0 radical (unpaired) electrons. The molecule has 2 unspecified atom stereocenters. The van der Waals surface area contributed by atoms with Crippen LogP contribution in [0.3, 0.4) is 0 Å². The first kappa shape index (κ1) is 22.7. The van der Waals surface area contributed by atoms with Crippen LogP contribution in [-0.2, 0) is 20.7 Å². The van der Waals surface area contributed by atoms with Crippen LogP contribution in [0.15, 0.2) is 42.5 Å². The van der Waals surface area contributed by atoms with Gasteiger partial charge in [0.2, 0.25) is 0 Å². The third kappa shape index (κ3) is 9.21. The summed E-state index contributed by atoms with van der Waals surface area (Å²) in [4.78, 5) is 22.9. The third-order valence-corrected chi connectivity index (χ3v) is 3.85. The number of aliphatic carboxylic acids is 1. The van der Waals surface area contributed by atoms with Crippen LogP contribution in [0.5, 0.6) is 0 Å². The van der Waals surface area contributed by atoms with Crippen molar-refractivity contribution in [2.75, 3.05) is 26.9 Å².